The highest BCUT2D eigenvalue weighted by molar-refractivity contribution is 5.25. The van der Waals surface area contributed by atoms with Gasteiger partial charge in [-0.15, -0.1) is 0 Å². The van der Waals surface area contributed by atoms with E-state index in [1.807, 2.05) is 4.90 Å². The van der Waals surface area contributed by atoms with Crippen LogP contribution in [0.4, 0.5) is 26.3 Å². The summed E-state index contributed by atoms with van der Waals surface area (Å²) < 4.78 is 84.8. The van der Waals surface area contributed by atoms with E-state index in [1.54, 1.807) is 0 Å². The third-order valence-electron chi connectivity index (χ3n) is 5.48. The van der Waals surface area contributed by atoms with Gasteiger partial charge in [0.2, 0.25) is 5.82 Å². The molecule has 0 spiro atoms. The molecule has 0 radical (unpaired) electrons. The highest BCUT2D eigenvalue weighted by atomic mass is 19.4. The number of ether oxygens (including phenoxy) is 1. The number of alkyl halides is 3. The van der Waals surface area contributed by atoms with Crippen molar-refractivity contribution < 1.29 is 31.1 Å². The first-order valence-corrected chi connectivity index (χ1v) is 9.31. The van der Waals surface area contributed by atoms with Gasteiger partial charge in [-0.2, -0.15) is 13.2 Å². The largest absolute Gasteiger partial charge is 0.451 e. The van der Waals surface area contributed by atoms with Gasteiger partial charge in [0.1, 0.15) is 11.9 Å². The van der Waals surface area contributed by atoms with E-state index in [4.69, 9.17) is 10.5 Å². The lowest BCUT2D eigenvalue weighted by Gasteiger charge is -2.41. The summed E-state index contributed by atoms with van der Waals surface area (Å²) in [6.07, 6.45) is -3.64. The normalized spacial score (nSPS) is 25.2. The topological polar surface area (TPSA) is 64.3 Å². The molecule has 4 rings (SSSR count). The van der Waals surface area contributed by atoms with E-state index in [1.165, 1.54) is 6.20 Å². The van der Waals surface area contributed by atoms with Crippen molar-refractivity contribution in [1.82, 2.24) is 14.9 Å². The molecule has 2 aromatic rings. The van der Waals surface area contributed by atoms with E-state index < -0.39 is 41.6 Å². The molecular formula is C19H18F6N4O. The Balaban J connectivity index is 1.45. The Labute approximate surface area is 167 Å². The number of nitrogens with zero attached hydrogens (tertiary/aromatic N) is 3. The Kier molecular flexibility index (Phi) is 5.45. The summed E-state index contributed by atoms with van der Waals surface area (Å²) >= 11 is 0. The lowest BCUT2D eigenvalue weighted by molar-refractivity contribution is -0.145. The quantitative estimate of drug-likeness (QED) is 0.584. The molecule has 0 bridgehead atoms. The van der Waals surface area contributed by atoms with Crippen LogP contribution in [-0.2, 0) is 23.9 Å². The summed E-state index contributed by atoms with van der Waals surface area (Å²) in [4.78, 5) is 9.03. The SMILES string of the molecule is N[C@H]1C[C@@H](N2CCc3nc(C(F)(F)F)ncc3C2)COC1c1cc(F)c(F)cc1F. The minimum atomic E-state index is -4.60. The lowest BCUT2D eigenvalue weighted by Crippen LogP contribution is -2.50. The molecule has 5 nitrogen and oxygen atoms in total. The van der Waals surface area contributed by atoms with Gasteiger partial charge in [0, 0.05) is 55.0 Å². The van der Waals surface area contributed by atoms with Crippen molar-refractivity contribution in [2.45, 2.75) is 43.8 Å². The summed E-state index contributed by atoms with van der Waals surface area (Å²) in [5.41, 5.74) is 6.95. The summed E-state index contributed by atoms with van der Waals surface area (Å²) in [5.74, 6) is -4.57. The third-order valence-corrected chi connectivity index (χ3v) is 5.48. The zero-order valence-corrected chi connectivity index (χ0v) is 15.6. The van der Waals surface area contributed by atoms with Crippen molar-refractivity contribution in [2.75, 3.05) is 13.2 Å². The zero-order chi connectivity index (χ0) is 21.6. The molecule has 30 heavy (non-hydrogen) atoms. The maximum atomic E-state index is 14.1. The predicted octanol–water partition coefficient (Wildman–Crippen LogP) is 3.13. The molecule has 2 N–H and O–H groups in total. The highest BCUT2D eigenvalue weighted by Gasteiger charge is 2.38. The molecule has 3 atom stereocenters. The van der Waals surface area contributed by atoms with Crippen LogP contribution in [0.15, 0.2) is 18.3 Å². The number of hydrogen-bond donors (Lipinski definition) is 1. The van der Waals surface area contributed by atoms with Crippen LogP contribution in [0.3, 0.4) is 0 Å². The van der Waals surface area contributed by atoms with E-state index >= 15 is 0 Å². The van der Waals surface area contributed by atoms with Gasteiger partial charge in [0.15, 0.2) is 11.6 Å². The average molecular weight is 432 g/mol. The zero-order valence-electron chi connectivity index (χ0n) is 15.6. The fraction of sp³-hybridized carbons (Fsp3) is 0.474. The van der Waals surface area contributed by atoms with Gasteiger partial charge in [0.05, 0.1) is 12.3 Å². The van der Waals surface area contributed by atoms with Gasteiger partial charge >= 0.3 is 6.18 Å². The van der Waals surface area contributed by atoms with Crippen LogP contribution in [0.2, 0.25) is 0 Å². The predicted molar refractivity (Wildman–Crippen MR) is 92.5 cm³/mol. The maximum Gasteiger partial charge on any atom is 0.451 e. The van der Waals surface area contributed by atoms with Crippen LogP contribution < -0.4 is 5.73 Å². The molecule has 0 amide bonds. The standard InChI is InChI=1S/C19H18F6N4O/c20-12-5-14(22)13(21)4-11(12)17-15(26)3-10(8-30-17)29-2-1-16-9(7-29)6-27-18(28-16)19(23,24)25/h4-6,10,15,17H,1-3,7-8,26H2/t10-,15+,17?/m1/s1. The number of fused-ring (bicyclic) bond motifs is 1. The van der Waals surface area contributed by atoms with E-state index in [9.17, 15) is 26.3 Å². The summed E-state index contributed by atoms with van der Waals surface area (Å²) in [7, 11) is 0. The van der Waals surface area contributed by atoms with E-state index in [0.29, 0.717) is 43.3 Å². The highest BCUT2D eigenvalue weighted by Crippen LogP contribution is 2.33. The Morgan fingerprint density at radius 3 is 2.53 bits per heavy atom. The molecular weight excluding hydrogens is 414 g/mol. The van der Waals surface area contributed by atoms with Crippen LogP contribution in [0.5, 0.6) is 0 Å². The second-order valence-electron chi connectivity index (χ2n) is 7.48. The van der Waals surface area contributed by atoms with Crippen LogP contribution in [0.25, 0.3) is 0 Å². The molecule has 2 aliphatic heterocycles. The Hall–Kier alpha value is -2.24. The number of nitrogens with two attached hydrogens (primary N) is 1. The Bertz CT molecular complexity index is 953. The lowest BCUT2D eigenvalue weighted by atomic mass is 9.92. The van der Waals surface area contributed by atoms with Gasteiger partial charge in [-0.3, -0.25) is 4.90 Å². The number of benzene rings is 1. The van der Waals surface area contributed by atoms with Gasteiger partial charge in [-0.25, -0.2) is 23.1 Å². The molecule has 0 saturated carbocycles. The van der Waals surface area contributed by atoms with Crippen LogP contribution in [-0.4, -0.2) is 40.1 Å². The summed E-state index contributed by atoms with van der Waals surface area (Å²) in [6, 6.07) is 0.375. The molecule has 1 aromatic heterocycles. The fourth-order valence-electron chi connectivity index (χ4n) is 3.96. The van der Waals surface area contributed by atoms with Gasteiger partial charge in [-0.1, -0.05) is 0 Å². The monoisotopic (exact) mass is 432 g/mol. The molecule has 3 heterocycles. The first-order chi connectivity index (χ1) is 14.1. The van der Waals surface area contributed by atoms with E-state index in [0.717, 1.165) is 6.07 Å². The van der Waals surface area contributed by atoms with Gasteiger partial charge in [-0.05, 0) is 12.5 Å². The Morgan fingerprint density at radius 1 is 1.10 bits per heavy atom. The minimum Gasteiger partial charge on any atom is -0.370 e. The van der Waals surface area contributed by atoms with Crippen molar-refractivity contribution in [3.8, 4) is 0 Å². The smallest absolute Gasteiger partial charge is 0.370 e. The van der Waals surface area contributed by atoms with Crippen LogP contribution in [0, 0.1) is 17.5 Å². The molecule has 162 valence electrons. The number of halogens is 6. The minimum absolute atomic E-state index is 0.142. The van der Waals surface area contributed by atoms with Crippen LogP contribution >= 0.6 is 0 Å². The van der Waals surface area contributed by atoms with E-state index in [2.05, 4.69) is 9.97 Å². The second-order valence-corrected chi connectivity index (χ2v) is 7.48. The molecule has 2 aliphatic rings. The summed E-state index contributed by atoms with van der Waals surface area (Å²) in [5, 5.41) is 0. The van der Waals surface area contributed by atoms with Gasteiger partial charge < -0.3 is 10.5 Å². The first kappa shape index (κ1) is 21.0. The van der Waals surface area contributed by atoms with Crippen molar-refractivity contribution >= 4 is 0 Å². The van der Waals surface area contributed by atoms with Crippen molar-refractivity contribution in [3.05, 3.63) is 58.4 Å². The van der Waals surface area contributed by atoms with Crippen molar-refractivity contribution in [3.63, 3.8) is 0 Å². The average Bonchev–Trinajstić information content (AvgIpc) is 2.69. The number of aromatic nitrogens is 2. The molecule has 1 saturated heterocycles. The summed E-state index contributed by atoms with van der Waals surface area (Å²) in [6.45, 7) is 0.943. The fourth-order valence-corrected chi connectivity index (χ4v) is 3.96. The van der Waals surface area contributed by atoms with Gasteiger partial charge in [0.25, 0.3) is 0 Å². The second kappa shape index (κ2) is 7.78. The third kappa shape index (κ3) is 4.01. The number of hydrogen-bond acceptors (Lipinski definition) is 5. The first-order valence-electron chi connectivity index (χ1n) is 9.31. The maximum absolute atomic E-state index is 14.1. The molecule has 0 aliphatic carbocycles. The molecule has 11 heteroatoms. The van der Waals surface area contributed by atoms with Crippen molar-refractivity contribution in [1.29, 1.82) is 0 Å². The molecule has 1 aromatic carbocycles. The molecule has 1 unspecified atom stereocenters. The Morgan fingerprint density at radius 2 is 1.83 bits per heavy atom. The van der Waals surface area contributed by atoms with Crippen LogP contribution in [0.1, 0.15) is 35.2 Å². The molecule has 1 fully saturated rings. The van der Waals surface area contributed by atoms with E-state index in [-0.39, 0.29) is 18.2 Å². The van der Waals surface area contributed by atoms with Crippen molar-refractivity contribution in [2.24, 2.45) is 5.73 Å². The number of rotatable bonds is 2.